The molecule has 3 rings (SSSR count). The van der Waals surface area contributed by atoms with E-state index in [0.29, 0.717) is 21.7 Å². The Morgan fingerprint density at radius 3 is 2.90 bits per heavy atom. The van der Waals surface area contributed by atoms with Crippen molar-refractivity contribution in [2.45, 2.75) is 0 Å². The number of nitrogens with two attached hydrogens (primary N) is 1. The molecule has 5 nitrogen and oxygen atoms in total. The van der Waals surface area contributed by atoms with Crippen LogP contribution in [0.3, 0.4) is 0 Å². The Kier molecular flexibility index (Phi) is 3.25. The molecule has 20 heavy (non-hydrogen) atoms. The van der Waals surface area contributed by atoms with Gasteiger partial charge in [0.25, 0.3) is 5.91 Å². The zero-order chi connectivity index (χ0) is 14.1. The van der Waals surface area contributed by atoms with Gasteiger partial charge in [-0.05, 0) is 30.3 Å². The highest BCUT2D eigenvalue weighted by Gasteiger charge is 2.09. The van der Waals surface area contributed by atoms with E-state index in [4.69, 9.17) is 17.3 Å². The molecule has 7 heteroatoms. The third kappa shape index (κ3) is 2.56. The molecule has 0 saturated heterocycles. The maximum absolute atomic E-state index is 12.1. The van der Waals surface area contributed by atoms with E-state index in [1.165, 1.54) is 11.3 Å². The molecule has 0 bridgehead atoms. The molecule has 0 saturated carbocycles. The van der Waals surface area contributed by atoms with Crippen LogP contribution in [0.4, 0.5) is 10.9 Å². The molecule has 0 spiro atoms. The Morgan fingerprint density at radius 2 is 2.10 bits per heavy atom. The van der Waals surface area contributed by atoms with Crippen molar-refractivity contribution in [2.75, 3.05) is 11.1 Å². The molecule has 2 aromatic heterocycles. The third-order valence-electron chi connectivity index (χ3n) is 2.62. The number of carbonyl (C=O) groups excluding carboxylic acids is 1. The second-order valence-electron chi connectivity index (χ2n) is 4.03. The second-order valence-corrected chi connectivity index (χ2v) is 5.48. The second kappa shape index (κ2) is 5.07. The van der Waals surface area contributed by atoms with Gasteiger partial charge < -0.3 is 11.1 Å². The number of carbonyl (C=O) groups is 1. The molecule has 1 aromatic carbocycles. The minimum absolute atomic E-state index is 0.256. The summed E-state index contributed by atoms with van der Waals surface area (Å²) in [6.07, 6.45) is 0. The van der Waals surface area contributed by atoms with Crippen LogP contribution in [-0.4, -0.2) is 15.9 Å². The maximum atomic E-state index is 12.1. The molecular formula is C13H9ClN4OS. The van der Waals surface area contributed by atoms with Crippen molar-refractivity contribution in [3.8, 4) is 0 Å². The first-order chi connectivity index (χ1) is 9.61. The van der Waals surface area contributed by atoms with Crippen LogP contribution >= 0.6 is 22.9 Å². The summed E-state index contributed by atoms with van der Waals surface area (Å²) in [5, 5.41) is 3.50. The van der Waals surface area contributed by atoms with Crippen molar-refractivity contribution >= 4 is 50.0 Å². The highest BCUT2D eigenvalue weighted by Crippen LogP contribution is 2.24. The zero-order valence-corrected chi connectivity index (χ0v) is 11.7. The number of thiazole rings is 1. The van der Waals surface area contributed by atoms with Crippen LogP contribution in [-0.2, 0) is 0 Å². The minimum Gasteiger partial charge on any atom is -0.375 e. The van der Waals surface area contributed by atoms with E-state index >= 15 is 0 Å². The number of nitrogens with zero attached hydrogens (tertiary/aromatic N) is 2. The molecule has 0 aliphatic carbocycles. The summed E-state index contributed by atoms with van der Waals surface area (Å²) >= 11 is 7.11. The number of nitrogens with one attached hydrogen (secondary N) is 1. The summed E-state index contributed by atoms with van der Waals surface area (Å²) < 4.78 is 0.870. The predicted octanol–water partition coefficient (Wildman–Crippen LogP) is 3.18. The number of anilines is 2. The summed E-state index contributed by atoms with van der Waals surface area (Å²) in [6.45, 7) is 0. The van der Waals surface area contributed by atoms with E-state index < -0.39 is 0 Å². The SMILES string of the molecule is Nc1nc2ccc(C(=O)Nc3cccc(Cl)n3)cc2s1. The zero-order valence-electron chi connectivity index (χ0n) is 10.1. The summed E-state index contributed by atoms with van der Waals surface area (Å²) in [7, 11) is 0. The smallest absolute Gasteiger partial charge is 0.256 e. The van der Waals surface area contributed by atoms with Gasteiger partial charge >= 0.3 is 0 Å². The Hall–Kier alpha value is -2.18. The van der Waals surface area contributed by atoms with Gasteiger partial charge in [-0.1, -0.05) is 29.0 Å². The Bertz CT molecular complexity index is 802. The van der Waals surface area contributed by atoms with Crippen LogP contribution in [0.1, 0.15) is 10.4 Å². The lowest BCUT2D eigenvalue weighted by Crippen LogP contribution is -2.12. The van der Waals surface area contributed by atoms with E-state index in [1.807, 2.05) is 0 Å². The molecule has 0 radical (unpaired) electrons. The molecule has 3 N–H and O–H groups in total. The number of hydrogen-bond donors (Lipinski definition) is 2. The van der Waals surface area contributed by atoms with Crippen molar-refractivity contribution in [2.24, 2.45) is 0 Å². The number of aromatic nitrogens is 2. The third-order valence-corrected chi connectivity index (χ3v) is 3.68. The predicted molar refractivity (Wildman–Crippen MR) is 81.2 cm³/mol. The summed E-state index contributed by atoms with van der Waals surface area (Å²) in [4.78, 5) is 20.3. The average molecular weight is 305 g/mol. The maximum Gasteiger partial charge on any atom is 0.256 e. The lowest BCUT2D eigenvalue weighted by molar-refractivity contribution is 0.102. The van der Waals surface area contributed by atoms with Gasteiger partial charge in [0.2, 0.25) is 0 Å². The first-order valence-corrected chi connectivity index (χ1v) is 6.91. The quantitative estimate of drug-likeness (QED) is 0.712. The van der Waals surface area contributed by atoms with Crippen molar-refractivity contribution < 1.29 is 4.79 Å². The van der Waals surface area contributed by atoms with Gasteiger partial charge in [0, 0.05) is 5.56 Å². The van der Waals surface area contributed by atoms with Gasteiger partial charge in [-0.25, -0.2) is 9.97 Å². The fourth-order valence-corrected chi connectivity index (χ4v) is 2.69. The molecule has 3 aromatic rings. The van der Waals surface area contributed by atoms with E-state index in [1.54, 1.807) is 36.4 Å². The Morgan fingerprint density at radius 1 is 1.25 bits per heavy atom. The highest BCUT2D eigenvalue weighted by molar-refractivity contribution is 7.22. The normalized spacial score (nSPS) is 10.7. The van der Waals surface area contributed by atoms with E-state index in [0.717, 1.165) is 10.2 Å². The largest absolute Gasteiger partial charge is 0.375 e. The molecule has 0 fully saturated rings. The Balaban J connectivity index is 1.88. The number of hydrogen-bond acceptors (Lipinski definition) is 5. The van der Waals surface area contributed by atoms with Crippen LogP contribution in [0.5, 0.6) is 0 Å². The van der Waals surface area contributed by atoms with Crippen molar-refractivity contribution in [1.29, 1.82) is 0 Å². The number of halogens is 1. The van der Waals surface area contributed by atoms with E-state index in [-0.39, 0.29) is 5.91 Å². The van der Waals surface area contributed by atoms with Gasteiger partial charge in [-0.2, -0.15) is 0 Å². The van der Waals surface area contributed by atoms with Crippen LogP contribution in [0.25, 0.3) is 10.2 Å². The molecule has 2 heterocycles. The number of nitrogen functional groups attached to an aromatic ring is 1. The molecule has 100 valence electrons. The standard InChI is InChI=1S/C13H9ClN4OS/c14-10-2-1-3-11(17-10)18-12(19)7-4-5-8-9(6-7)20-13(15)16-8/h1-6H,(H2,15,16)(H,17,18,19). The fraction of sp³-hybridized carbons (Fsp3) is 0. The molecule has 0 aliphatic heterocycles. The number of fused-ring (bicyclic) bond motifs is 1. The van der Waals surface area contributed by atoms with Gasteiger partial charge in [-0.15, -0.1) is 0 Å². The van der Waals surface area contributed by atoms with Crippen molar-refractivity contribution in [3.05, 3.63) is 47.1 Å². The first-order valence-electron chi connectivity index (χ1n) is 5.72. The highest BCUT2D eigenvalue weighted by atomic mass is 35.5. The van der Waals surface area contributed by atoms with Gasteiger partial charge in [0.1, 0.15) is 11.0 Å². The Labute approximate surface area is 123 Å². The first kappa shape index (κ1) is 12.8. The fourth-order valence-electron chi connectivity index (χ4n) is 1.75. The molecule has 0 atom stereocenters. The van der Waals surface area contributed by atoms with Crippen LogP contribution in [0.15, 0.2) is 36.4 Å². The average Bonchev–Trinajstić information content (AvgIpc) is 2.77. The monoisotopic (exact) mass is 304 g/mol. The number of rotatable bonds is 2. The van der Waals surface area contributed by atoms with Crippen molar-refractivity contribution in [1.82, 2.24) is 9.97 Å². The lowest BCUT2D eigenvalue weighted by Gasteiger charge is -2.04. The van der Waals surface area contributed by atoms with E-state index in [9.17, 15) is 4.79 Å². The molecular weight excluding hydrogens is 296 g/mol. The topological polar surface area (TPSA) is 80.9 Å². The van der Waals surface area contributed by atoms with Gasteiger partial charge in [0.15, 0.2) is 5.13 Å². The number of amides is 1. The van der Waals surface area contributed by atoms with Gasteiger partial charge in [-0.3, -0.25) is 4.79 Å². The van der Waals surface area contributed by atoms with Crippen molar-refractivity contribution in [3.63, 3.8) is 0 Å². The molecule has 0 aliphatic rings. The summed E-state index contributed by atoms with van der Waals surface area (Å²) in [6, 6.07) is 10.3. The summed E-state index contributed by atoms with van der Waals surface area (Å²) in [5.74, 6) is 0.153. The molecule has 0 unspecified atom stereocenters. The molecule has 1 amide bonds. The summed E-state index contributed by atoms with van der Waals surface area (Å²) in [5.41, 5.74) is 6.94. The van der Waals surface area contributed by atoms with Crippen LogP contribution in [0, 0.1) is 0 Å². The number of pyridine rings is 1. The number of benzene rings is 1. The van der Waals surface area contributed by atoms with E-state index in [2.05, 4.69) is 15.3 Å². The minimum atomic E-state index is -0.256. The lowest BCUT2D eigenvalue weighted by atomic mass is 10.2. The van der Waals surface area contributed by atoms with Crippen LogP contribution < -0.4 is 11.1 Å². The van der Waals surface area contributed by atoms with Crippen LogP contribution in [0.2, 0.25) is 5.15 Å². The van der Waals surface area contributed by atoms with Gasteiger partial charge in [0.05, 0.1) is 10.2 Å².